The summed E-state index contributed by atoms with van der Waals surface area (Å²) in [5.74, 6) is 0.105. The van der Waals surface area contributed by atoms with Crippen LogP contribution in [0.15, 0.2) is 45.4 Å². The van der Waals surface area contributed by atoms with Gasteiger partial charge in [0.25, 0.3) is 11.8 Å². The van der Waals surface area contributed by atoms with Gasteiger partial charge < -0.3 is 14.6 Å². The summed E-state index contributed by atoms with van der Waals surface area (Å²) in [7, 11) is 0. The molecular formula is C12H8FN3O2. The molecule has 0 aliphatic rings. The van der Waals surface area contributed by atoms with Crippen LogP contribution in [-0.4, -0.2) is 10.2 Å². The zero-order valence-electron chi connectivity index (χ0n) is 9.13. The highest BCUT2D eigenvalue weighted by Crippen LogP contribution is 2.27. The van der Waals surface area contributed by atoms with Crippen LogP contribution in [0.2, 0.25) is 0 Å². The monoisotopic (exact) mass is 245 g/mol. The molecule has 0 aliphatic heterocycles. The van der Waals surface area contributed by atoms with Crippen LogP contribution in [0.1, 0.15) is 0 Å². The van der Waals surface area contributed by atoms with Gasteiger partial charge in [-0.2, -0.15) is 0 Å². The van der Waals surface area contributed by atoms with Gasteiger partial charge in [0.2, 0.25) is 0 Å². The fourth-order valence-electron chi connectivity index (χ4n) is 1.55. The minimum absolute atomic E-state index is 0.0326. The Hall–Kier alpha value is -2.63. The molecule has 0 amide bonds. The lowest BCUT2D eigenvalue weighted by Crippen LogP contribution is -1.93. The standard InChI is InChI=1S/C12H8FN3O2/c13-10-7(3-1-4-8(10)14)11-15-16-12(18-11)9-5-2-6-17-9/h1-6H,14H2. The molecule has 0 atom stereocenters. The van der Waals surface area contributed by atoms with E-state index in [2.05, 4.69) is 10.2 Å². The maximum absolute atomic E-state index is 13.8. The molecule has 0 saturated carbocycles. The number of hydrogen-bond acceptors (Lipinski definition) is 5. The lowest BCUT2D eigenvalue weighted by Gasteiger charge is -1.99. The van der Waals surface area contributed by atoms with E-state index in [1.807, 2.05) is 0 Å². The van der Waals surface area contributed by atoms with E-state index >= 15 is 0 Å². The Balaban J connectivity index is 2.06. The van der Waals surface area contributed by atoms with Crippen LogP contribution < -0.4 is 5.73 Å². The number of hydrogen-bond donors (Lipinski definition) is 1. The Morgan fingerprint density at radius 2 is 1.89 bits per heavy atom. The van der Waals surface area contributed by atoms with E-state index in [1.165, 1.54) is 18.4 Å². The third-order valence-electron chi connectivity index (χ3n) is 2.42. The minimum Gasteiger partial charge on any atom is -0.459 e. The minimum atomic E-state index is -0.577. The molecule has 3 aromatic rings. The fraction of sp³-hybridized carbons (Fsp3) is 0. The van der Waals surface area contributed by atoms with Crippen molar-refractivity contribution in [1.82, 2.24) is 10.2 Å². The Morgan fingerprint density at radius 3 is 2.67 bits per heavy atom. The highest BCUT2D eigenvalue weighted by atomic mass is 19.1. The van der Waals surface area contributed by atoms with Crippen molar-refractivity contribution in [2.75, 3.05) is 5.73 Å². The Kier molecular flexibility index (Phi) is 2.33. The van der Waals surface area contributed by atoms with Crippen LogP contribution in [0.25, 0.3) is 23.1 Å². The maximum Gasteiger partial charge on any atom is 0.283 e. The molecule has 0 unspecified atom stereocenters. The van der Waals surface area contributed by atoms with E-state index in [1.54, 1.807) is 18.2 Å². The van der Waals surface area contributed by atoms with Crippen LogP contribution in [0, 0.1) is 5.82 Å². The molecule has 2 N–H and O–H groups in total. The first-order chi connectivity index (χ1) is 8.75. The molecule has 6 heteroatoms. The third kappa shape index (κ3) is 1.64. The van der Waals surface area contributed by atoms with Crippen molar-refractivity contribution in [3.05, 3.63) is 42.4 Å². The summed E-state index contributed by atoms with van der Waals surface area (Å²) >= 11 is 0. The molecule has 2 heterocycles. The number of furan rings is 1. The van der Waals surface area contributed by atoms with E-state index in [4.69, 9.17) is 14.6 Å². The number of nitrogen functional groups attached to an aromatic ring is 1. The number of halogens is 1. The van der Waals surface area contributed by atoms with E-state index in [0.717, 1.165) is 0 Å². The van der Waals surface area contributed by atoms with Gasteiger partial charge in [-0.15, -0.1) is 10.2 Å². The van der Waals surface area contributed by atoms with Gasteiger partial charge in [0.15, 0.2) is 11.6 Å². The van der Waals surface area contributed by atoms with Crippen molar-refractivity contribution in [3.63, 3.8) is 0 Å². The average Bonchev–Trinajstić information content (AvgIpc) is 3.01. The van der Waals surface area contributed by atoms with Crippen LogP contribution in [-0.2, 0) is 0 Å². The van der Waals surface area contributed by atoms with E-state index in [0.29, 0.717) is 5.76 Å². The first-order valence-electron chi connectivity index (χ1n) is 5.17. The molecule has 0 radical (unpaired) electrons. The van der Waals surface area contributed by atoms with Gasteiger partial charge >= 0.3 is 0 Å². The molecule has 2 aromatic heterocycles. The van der Waals surface area contributed by atoms with Crippen LogP contribution in [0.3, 0.4) is 0 Å². The van der Waals surface area contributed by atoms with Crippen molar-refractivity contribution in [2.45, 2.75) is 0 Å². The Labute approximate surface area is 101 Å². The Bertz CT molecular complexity index is 676. The topological polar surface area (TPSA) is 78.1 Å². The lowest BCUT2D eigenvalue weighted by atomic mass is 10.2. The molecule has 18 heavy (non-hydrogen) atoms. The van der Waals surface area contributed by atoms with Gasteiger partial charge in [-0.3, -0.25) is 0 Å². The fourth-order valence-corrected chi connectivity index (χ4v) is 1.55. The lowest BCUT2D eigenvalue weighted by molar-refractivity contribution is 0.520. The number of aromatic nitrogens is 2. The number of nitrogens with two attached hydrogens (primary N) is 1. The van der Waals surface area contributed by atoms with Gasteiger partial charge in [-0.1, -0.05) is 6.07 Å². The smallest absolute Gasteiger partial charge is 0.283 e. The first-order valence-corrected chi connectivity index (χ1v) is 5.17. The highest BCUT2D eigenvalue weighted by molar-refractivity contribution is 5.62. The third-order valence-corrected chi connectivity index (χ3v) is 2.42. The summed E-state index contributed by atoms with van der Waals surface area (Å²) in [6, 6.07) is 7.96. The number of nitrogens with zero attached hydrogens (tertiary/aromatic N) is 2. The number of rotatable bonds is 2. The molecule has 0 spiro atoms. The van der Waals surface area contributed by atoms with Gasteiger partial charge in [-0.05, 0) is 24.3 Å². The van der Waals surface area contributed by atoms with Crippen molar-refractivity contribution >= 4 is 5.69 Å². The summed E-state index contributed by atoms with van der Waals surface area (Å²) in [5.41, 5.74) is 5.68. The summed E-state index contributed by atoms with van der Waals surface area (Å²) in [4.78, 5) is 0. The predicted octanol–water partition coefficient (Wildman–Crippen LogP) is 2.72. The molecule has 90 valence electrons. The maximum atomic E-state index is 13.8. The number of anilines is 1. The highest BCUT2D eigenvalue weighted by Gasteiger charge is 2.16. The SMILES string of the molecule is Nc1cccc(-c2nnc(-c3ccco3)o2)c1F. The predicted molar refractivity (Wildman–Crippen MR) is 61.8 cm³/mol. The molecule has 0 bridgehead atoms. The molecule has 0 aliphatic carbocycles. The molecule has 1 aromatic carbocycles. The molecular weight excluding hydrogens is 237 g/mol. The zero-order chi connectivity index (χ0) is 12.5. The van der Waals surface area contributed by atoms with Gasteiger partial charge in [0.1, 0.15) is 0 Å². The Morgan fingerprint density at radius 1 is 1.06 bits per heavy atom. The van der Waals surface area contributed by atoms with Crippen LogP contribution in [0.4, 0.5) is 10.1 Å². The molecule has 5 nitrogen and oxygen atoms in total. The summed E-state index contributed by atoms with van der Waals surface area (Å²) in [6.07, 6.45) is 1.49. The normalized spacial score (nSPS) is 10.7. The second-order valence-electron chi connectivity index (χ2n) is 3.60. The van der Waals surface area contributed by atoms with Crippen molar-refractivity contribution in [1.29, 1.82) is 0 Å². The molecule has 0 fully saturated rings. The van der Waals surface area contributed by atoms with E-state index in [-0.39, 0.29) is 23.0 Å². The molecule has 0 saturated heterocycles. The van der Waals surface area contributed by atoms with Crippen LogP contribution in [0.5, 0.6) is 0 Å². The van der Waals surface area contributed by atoms with E-state index < -0.39 is 5.82 Å². The van der Waals surface area contributed by atoms with Crippen molar-refractivity contribution < 1.29 is 13.2 Å². The van der Waals surface area contributed by atoms with Crippen LogP contribution >= 0.6 is 0 Å². The summed E-state index contributed by atoms with van der Waals surface area (Å²) < 4.78 is 24.2. The van der Waals surface area contributed by atoms with Gasteiger partial charge in [0.05, 0.1) is 17.5 Å². The summed E-state index contributed by atoms with van der Waals surface area (Å²) in [5, 5.41) is 7.56. The largest absolute Gasteiger partial charge is 0.459 e. The zero-order valence-corrected chi connectivity index (χ0v) is 9.13. The quantitative estimate of drug-likeness (QED) is 0.702. The second kappa shape index (κ2) is 3.99. The van der Waals surface area contributed by atoms with Gasteiger partial charge in [-0.25, -0.2) is 4.39 Å². The van der Waals surface area contributed by atoms with E-state index in [9.17, 15) is 4.39 Å². The number of benzene rings is 1. The van der Waals surface area contributed by atoms with Crippen molar-refractivity contribution in [2.24, 2.45) is 0 Å². The molecule has 3 rings (SSSR count). The summed E-state index contributed by atoms with van der Waals surface area (Å²) in [6.45, 7) is 0. The van der Waals surface area contributed by atoms with Crippen molar-refractivity contribution in [3.8, 4) is 23.1 Å². The second-order valence-corrected chi connectivity index (χ2v) is 3.60. The average molecular weight is 245 g/mol. The van der Waals surface area contributed by atoms with Gasteiger partial charge in [0, 0.05) is 0 Å². The first kappa shape index (κ1) is 10.5.